The minimum absolute atomic E-state index is 0.365. The Morgan fingerprint density at radius 3 is 2.35 bits per heavy atom. The topological polar surface area (TPSA) is 76.4 Å². The van der Waals surface area contributed by atoms with E-state index in [0.29, 0.717) is 23.0 Å². The molecule has 2 amide bonds. The quantitative estimate of drug-likeness (QED) is 0.748. The van der Waals surface area contributed by atoms with Crippen LogP contribution in [0.15, 0.2) is 65.2 Å². The van der Waals surface area contributed by atoms with Crippen LogP contribution in [0.5, 0.6) is 11.5 Å². The minimum atomic E-state index is -0.393. The average Bonchev–Trinajstić information content (AvgIpc) is 2.95. The molecule has 1 heterocycles. The van der Waals surface area contributed by atoms with Crippen LogP contribution in [0.4, 0.5) is 16.3 Å². The number of para-hydroxylation sites is 1. The van der Waals surface area contributed by atoms with Crippen molar-refractivity contribution in [1.82, 2.24) is 5.16 Å². The van der Waals surface area contributed by atoms with Gasteiger partial charge in [0.15, 0.2) is 5.82 Å². The highest BCUT2D eigenvalue weighted by Gasteiger charge is 2.06. The minimum Gasteiger partial charge on any atom is -0.457 e. The zero-order valence-corrected chi connectivity index (χ0v) is 12.4. The normalized spacial score (nSPS) is 10.1. The van der Waals surface area contributed by atoms with Crippen molar-refractivity contribution in [2.75, 3.05) is 10.6 Å². The molecule has 6 heteroatoms. The van der Waals surface area contributed by atoms with Crippen LogP contribution in [0, 0.1) is 6.92 Å². The third-order valence-electron chi connectivity index (χ3n) is 2.96. The second kappa shape index (κ2) is 6.65. The van der Waals surface area contributed by atoms with Crippen LogP contribution in [-0.2, 0) is 0 Å². The van der Waals surface area contributed by atoms with Gasteiger partial charge in [-0.1, -0.05) is 23.4 Å². The molecule has 6 nitrogen and oxygen atoms in total. The van der Waals surface area contributed by atoms with Gasteiger partial charge in [-0.15, -0.1) is 0 Å². The number of nitrogens with zero attached hydrogens (tertiary/aromatic N) is 1. The van der Waals surface area contributed by atoms with E-state index in [1.807, 2.05) is 30.3 Å². The van der Waals surface area contributed by atoms with Gasteiger partial charge in [-0.2, -0.15) is 0 Å². The number of benzene rings is 2. The van der Waals surface area contributed by atoms with Crippen LogP contribution in [-0.4, -0.2) is 11.2 Å². The summed E-state index contributed by atoms with van der Waals surface area (Å²) in [6.45, 7) is 1.75. The molecule has 2 aromatic carbocycles. The van der Waals surface area contributed by atoms with E-state index in [2.05, 4.69) is 15.8 Å². The molecule has 0 saturated carbocycles. The first-order valence-corrected chi connectivity index (χ1v) is 7.03. The maximum absolute atomic E-state index is 11.8. The van der Waals surface area contributed by atoms with E-state index >= 15 is 0 Å². The average molecular weight is 309 g/mol. The zero-order valence-electron chi connectivity index (χ0n) is 12.4. The predicted octanol–water partition coefficient (Wildman–Crippen LogP) is 4.42. The Kier molecular flexibility index (Phi) is 4.24. The smallest absolute Gasteiger partial charge is 0.324 e. The van der Waals surface area contributed by atoms with Gasteiger partial charge in [0.1, 0.15) is 17.3 Å². The molecule has 0 fully saturated rings. The summed E-state index contributed by atoms with van der Waals surface area (Å²) in [5, 5.41) is 8.97. The highest BCUT2D eigenvalue weighted by molar-refractivity contribution is 5.99. The van der Waals surface area contributed by atoms with E-state index in [1.165, 1.54) is 0 Å². The zero-order chi connectivity index (χ0) is 16.1. The number of rotatable bonds is 4. The monoisotopic (exact) mass is 309 g/mol. The molecule has 0 aliphatic rings. The van der Waals surface area contributed by atoms with Crippen molar-refractivity contribution in [1.29, 1.82) is 0 Å². The Bertz CT molecular complexity index is 782. The molecule has 0 spiro atoms. The molecule has 1 aromatic heterocycles. The standard InChI is InChI=1S/C17H15N3O3/c1-12-11-16(20-23-12)19-17(21)18-13-7-9-15(10-8-13)22-14-5-3-2-4-6-14/h2-11H,1H3,(H2,18,19,20,21). The van der Waals surface area contributed by atoms with Crippen LogP contribution >= 0.6 is 0 Å². The van der Waals surface area contributed by atoms with Gasteiger partial charge in [-0.25, -0.2) is 4.79 Å². The summed E-state index contributed by atoms with van der Waals surface area (Å²) in [6.07, 6.45) is 0. The fourth-order valence-electron chi connectivity index (χ4n) is 1.93. The maximum atomic E-state index is 11.8. The van der Waals surface area contributed by atoms with E-state index in [-0.39, 0.29) is 0 Å². The lowest BCUT2D eigenvalue weighted by Crippen LogP contribution is -2.19. The molecular formula is C17H15N3O3. The summed E-state index contributed by atoms with van der Waals surface area (Å²) in [4.78, 5) is 11.8. The predicted molar refractivity (Wildman–Crippen MR) is 86.8 cm³/mol. The van der Waals surface area contributed by atoms with Crippen LogP contribution in [0.25, 0.3) is 0 Å². The van der Waals surface area contributed by atoms with Crippen molar-refractivity contribution in [2.45, 2.75) is 6.92 Å². The highest BCUT2D eigenvalue weighted by Crippen LogP contribution is 2.22. The van der Waals surface area contributed by atoms with Crippen LogP contribution in [0.2, 0.25) is 0 Å². The number of carbonyl (C=O) groups is 1. The second-order valence-corrected chi connectivity index (χ2v) is 4.84. The van der Waals surface area contributed by atoms with Crippen molar-refractivity contribution < 1.29 is 14.1 Å². The molecule has 3 aromatic rings. The van der Waals surface area contributed by atoms with Gasteiger partial charge in [0.05, 0.1) is 0 Å². The molecule has 0 bridgehead atoms. The number of amides is 2. The Morgan fingerprint density at radius 1 is 1.00 bits per heavy atom. The summed E-state index contributed by atoms with van der Waals surface area (Å²) in [5.41, 5.74) is 0.642. The van der Waals surface area contributed by atoms with Crippen molar-refractivity contribution >= 4 is 17.5 Å². The van der Waals surface area contributed by atoms with E-state index in [0.717, 1.165) is 5.75 Å². The number of aromatic nitrogens is 1. The molecule has 2 N–H and O–H groups in total. The summed E-state index contributed by atoms with van der Waals surface area (Å²) >= 11 is 0. The van der Waals surface area contributed by atoms with Gasteiger partial charge in [0.25, 0.3) is 0 Å². The number of aryl methyl sites for hydroxylation is 1. The molecular weight excluding hydrogens is 294 g/mol. The Balaban J connectivity index is 1.57. The van der Waals surface area contributed by atoms with Crippen molar-refractivity contribution in [2.24, 2.45) is 0 Å². The van der Waals surface area contributed by atoms with Crippen LogP contribution < -0.4 is 15.4 Å². The van der Waals surface area contributed by atoms with Crippen LogP contribution in [0.3, 0.4) is 0 Å². The Labute approximate surface area is 133 Å². The first-order valence-electron chi connectivity index (χ1n) is 7.03. The molecule has 0 saturated heterocycles. The summed E-state index contributed by atoms with van der Waals surface area (Å²) in [6, 6.07) is 17.8. The van der Waals surface area contributed by atoms with Crippen molar-refractivity contribution in [3.05, 3.63) is 66.4 Å². The molecule has 3 rings (SSSR count). The van der Waals surface area contributed by atoms with E-state index in [4.69, 9.17) is 9.26 Å². The van der Waals surface area contributed by atoms with Gasteiger partial charge in [-0.05, 0) is 43.3 Å². The molecule has 0 aliphatic carbocycles. The third-order valence-corrected chi connectivity index (χ3v) is 2.96. The van der Waals surface area contributed by atoms with Gasteiger partial charge in [0, 0.05) is 11.8 Å². The second-order valence-electron chi connectivity index (χ2n) is 4.84. The van der Waals surface area contributed by atoms with E-state index in [9.17, 15) is 4.79 Å². The molecule has 116 valence electrons. The van der Waals surface area contributed by atoms with Crippen LogP contribution in [0.1, 0.15) is 5.76 Å². The SMILES string of the molecule is Cc1cc(NC(=O)Nc2ccc(Oc3ccccc3)cc2)no1. The number of hydrogen-bond acceptors (Lipinski definition) is 4. The highest BCUT2D eigenvalue weighted by atomic mass is 16.5. The van der Waals surface area contributed by atoms with Crippen molar-refractivity contribution in [3.63, 3.8) is 0 Å². The first-order chi connectivity index (χ1) is 11.2. The number of ether oxygens (including phenoxy) is 1. The largest absolute Gasteiger partial charge is 0.457 e. The third kappa shape index (κ3) is 4.10. The van der Waals surface area contributed by atoms with Gasteiger partial charge in [-0.3, -0.25) is 5.32 Å². The number of hydrogen-bond donors (Lipinski definition) is 2. The first kappa shape index (κ1) is 14.6. The summed E-state index contributed by atoms with van der Waals surface area (Å²) in [7, 11) is 0. The lowest BCUT2D eigenvalue weighted by atomic mass is 10.3. The fourth-order valence-corrected chi connectivity index (χ4v) is 1.93. The molecule has 0 unspecified atom stereocenters. The number of nitrogens with one attached hydrogen (secondary N) is 2. The molecule has 0 radical (unpaired) electrons. The van der Waals surface area contributed by atoms with Gasteiger partial charge >= 0.3 is 6.03 Å². The van der Waals surface area contributed by atoms with Gasteiger partial charge < -0.3 is 14.6 Å². The molecule has 0 atom stereocenters. The lowest BCUT2D eigenvalue weighted by molar-refractivity contribution is 0.262. The lowest BCUT2D eigenvalue weighted by Gasteiger charge is -2.08. The maximum Gasteiger partial charge on any atom is 0.324 e. The fraction of sp³-hybridized carbons (Fsp3) is 0.0588. The van der Waals surface area contributed by atoms with E-state index in [1.54, 1.807) is 37.3 Å². The number of urea groups is 1. The number of anilines is 2. The van der Waals surface area contributed by atoms with Crippen molar-refractivity contribution in [3.8, 4) is 11.5 Å². The molecule has 0 aliphatic heterocycles. The summed E-state index contributed by atoms with van der Waals surface area (Å²) in [5.74, 6) is 2.44. The van der Waals surface area contributed by atoms with E-state index < -0.39 is 6.03 Å². The summed E-state index contributed by atoms with van der Waals surface area (Å²) < 4.78 is 10.6. The Hall–Kier alpha value is -3.28. The number of carbonyl (C=O) groups excluding carboxylic acids is 1. The Morgan fingerprint density at radius 2 is 1.70 bits per heavy atom. The molecule has 23 heavy (non-hydrogen) atoms. The van der Waals surface area contributed by atoms with Gasteiger partial charge in [0.2, 0.25) is 0 Å².